The molecule has 2 aromatic rings. The Labute approximate surface area is 146 Å². The minimum atomic E-state index is -1.08. The van der Waals surface area contributed by atoms with Gasteiger partial charge < -0.3 is 19.9 Å². The van der Waals surface area contributed by atoms with Gasteiger partial charge in [-0.3, -0.25) is 4.79 Å². The SMILES string of the molecule is COc1ccc(CC(C)C(=O)Nc2ccc(C(=O)O)c(OC)c2)cc1. The molecule has 0 aliphatic rings. The lowest BCUT2D eigenvalue weighted by Crippen LogP contribution is -2.22. The summed E-state index contributed by atoms with van der Waals surface area (Å²) in [6.45, 7) is 1.84. The van der Waals surface area contributed by atoms with Gasteiger partial charge in [0.05, 0.1) is 14.2 Å². The fraction of sp³-hybridized carbons (Fsp3) is 0.263. The van der Waals surface area contributed by atoms with Crippen molar-refractivity contribution in [3.05, 3.63) is 53.6 Å². The van der Waals surface area contributed by atoms with Crippen molar-refractivity contribution in [2.24, 2.45) is 5.92 Å². The van der Waals surface area contributed by atoms with Crippen LogP contribution < -0.4 is 14.8 Å². The van der Waals surface area contributed by atoms with Gasteiger partial charge in [-0.2, -0.15) is 0 Å². The molecule has 2 rings (SSSR count). The molecule has 6 heteroatoms. The monoisotopic (exact) mass is 343 g/mol. The third kappa shape index (κ3) is 4.73. The Morgan fingerprint density at radius 1 is 1.08 bits per heavy atom. The topological polar surface area (TPSA) is 84.9 Å². The quantitative estimate of drug-likeness (QED) is 0.806. The van der Waals surface area contributed by atoms with E-state index >= 15 is 0 Å². The fourth-order valence-electron chi connectivity index (χ4n) is 2.42. The van der Waals surface area contributed by atoms with Crippen LogP contribution in [0.1, 0.15) is 22.8 Å². The van der Waals surface area contributed by atoms with E-state index in [4.69, 9.17) is 14.6 Å². The first kappa shape index (κ1) is 18.3. The number of aromatic carboxylic acids is 1. The van der Waals surface area contributed by atoms with E-state index in [9.17, 15) is 9.59 Å². The first-order chi connectivity index (χ1) is 11.9. The molecule has 2 N–H and O–H groups in total. The van der Waals surface area contributed by atoms with Crippen LogP contribution >= 0.6 is 0 Å². The van der Waals surface area contributed by atoms with Crippen molar-refractivity contribution >= 4 is 17.6 Å². The number of carboxylic acids is 1. The van der Waals surface area contributed by atoms with E-state index in [-0.39, 0.29) is 23.1 Å². The summed E-state index contributed by atoms with van der Waals surface area (Å²) < 4.78 is 10.2. The summed E-state index contributed by atoms with van der Waals surface area (Å²) in [5.41, 5.74) is 1.57. The number of amides is 1. The zero-order valence-electron chi connectivity index (χ0n) is 14.4. The van der Waals surface area contributed by atoms with Gasteiger partial charge in [0.2, 0.25) is 5.91 Å². The number of benzene rings is 2. The molecule has 1 amide bonds. The molecule has 0 heterocycles. The summed E-state index contributed by atoms with van der Waals surface area (Å²) in [5, 5.41) is 11.9. The number of anilines is 1. The van der Waals surface area contributed by atoms with Crippen molar-refractivity contribution in [1.29, 1.82) is 0 Å². The second kappa shape index (κ2) is 8.19. The number of hydrogen-bond acceptors (Lipinski definition) is 4. The van der Waals surface area contributed by atoms with Crippen LogP contribution in [-0.4, -0.2) is 31.2 Å². The zero-order chi connectivity index (χ0) is 18.4. The first-order valence-electron chi connectivity index (χ1n) is 7.79. The van der Waals surface area contributed by atoms with Crippen molar-refractivity contribution in [3.8, 4) is 11.5 Å². The number of hydrogen-bond donors (Lipinski definition) is 2. The number of rotatable bonds is 7. The van der Waals surface area contributed by atoms with E-state index in [1.54, 1.807) is 13.2 Å². The molecule has 0 aromatic heterocycles. The first-order valence-corrected chi connectivity index (χ1v) is 7.79. The van der Waals surface area contributed by atoms with E-state index in [0.29, 0.717) is 12.1 Å². The Morgan fingerprint density at radius 3 is 2.32 bits per heavy atom. The van der Waals surface area contributed by atoms with Gasteiger partial charge >= 0.3 is 5.97 Å². The average molecular weight is 343 g/mol. The van der Waals surface area contributed by atoms with Crippen molar-refractivity contribution in [2.75, 3.05) is 19.5 Å². The summed E-state index contributed by atoms with van der Waals surface area (Å²) in [6, 6.07) is 12.0. The average Bonchev–Trinajstić information content (AvgIpc) is 2.61. The molecule has 132 valence electrons. The van der Waals surface area contributed by atoms with Crippen LogP contribution in [0, 0.1) is 5.92 Å². The maximum Gasteiger partial charge on any atom is 0.339 e. The maximum absolute atomic E-state index is 12.4. The molecule has 2 aromatic carbocycles. The minimum Gasteiger partial charge on any atom is -0.497 e. The molecule has 0 aliphatic heterocycles. The molecule has 1 unspecified atom stereocenters. The summed E-state index contributed by atoms with van der Waals surface area (Å²) in [5.74, 6) is -0.512. The lowest BCUT2D eigenvalue weighted by atomic mass is 10.00. The highest BCUT2D eigenvalue weighted by atomic mass is 16.5. The van der Waals surface area contributed by atoms with Crippen LogP contribution in [0.5, 0.6) is 11.5 Å². The predicted octanol–water partition coefficient (Wildman–Crippen LogP) is 3.22. The van der Waals surface area contributed by atoms with Crippen LogP contribution in [0.25, 0.3) is 0 Å². The van der Waals surface area contributed by atoms with Crippen LogP contribution in [0.2, 0.25) is 0 Å². The number of methoxy groups -OCH3 is 2. The molecule has 0 radical (unpaired) electrons. The molecule has 0 fully saturated rings. The van der Waals surface area contributed by atoms with Crippen molar-refractivity contribution in [2.45, 2.75) is 13.3 Å². The van der Waals surface area contributed by atoms with Crippen LogP contribution in [0.4, 0.5) is 5.69 Å². The van der Waals surface area contributed by atoms with E-state index in [1.165, 1.54) is 19.2 Å². The predicted molar refractivity (Wildman–Crippen MR) is 94.4 cm³/mol. The minimum absolute atomic E-state index is 0.0479. The van der Waals surface area contributed by atoms with Gasteiger partial charge in [0, 0.05) is 17.7 Å². The highest BCUT2D eigenvalue weighted by molar-refractivity contribution is 5.95. The highest BCUT2D eigenvalue weighted by Crippen LogP contribution is 2.24. The Morgan fingerprint density at radius 2 is 1.76 bits per heavy atom. The van der Waals surface area contributed by atoms with Gasteiger partial charge in [-0.15, -0.1) is 0 Å². The van der Waals surface area contributed by atoms with Gasteiger partial charge in [0.1, 0.15) is 17.1 Å². The Bertz CT molecular complexity index is 755. The van der Waals surface area contributed by atoms with Crippen molar-refractivity contribution in [3.63, 3.8) is 0 Å². The van der Waals surface area contributed by atoms with E-state index < -0.39 is 5.97 Å². The molecule has 0 bridgehead atoms. The largest absolute Gasteiger partial charge is 0.497 e. The Hall–Kier alpha value is -3.02. The third-order valence-corrected chi connectivity index (χ3v) is 3.85. The smallest absolute Gasteiger partial charge is 0.339 e. The third-order valence-electron chi connectivity index (χ3n) is 3.85. The maximum atomic E-state index is 12.4. The number of nitrogens with one attached hydrogen (secondary N) is 1. The molecule has 0 spiro atoms. The Kier molecular flexibility index (Phi) is 6.00. The highest BCUT2D eigenvalue weighted by Gasteiger charge is 2.16. The normalized spacial score (nSPS) is 11.5. The zero-order valence-corrected chi connectivity index (χ0v) is 14.4. The van der Waals surface area contributed by atoms with E-state index in [2.05, 4.69) is 5.32 Å². The van der Waals surface area contributed by atoms with Gasteiger partial charge in [0.15, 0.2) is 0 Å². The summed E-state index contributed by atoms with van der Waals surface area (Å²) >= 11 is 0. The molecule has 0 saturated heterocycles. The number of carboxylic acid groups (broad SMARTS) is 1. The number of carbonyl (C=O) groups is 2. The van der Waals surface area contributed by atoms with Crippen LogP contribution in [-0.2, 0) is 11.2 Å². The van der Waals surface area contributed by atoms with Gasteiger partial charge in [-0.05, 0) is 36.2 Å². The second-order valence-electron chi connectivity index (χ2n) is 5.66. The van der Waals surface area contributed by atoms with Crippen LogP contribution in [0.15, 0.2) is 42.5 Å². The van der Waals surface area contributed by atoms with E-state index in [0.717, 1.165) is 11.3 Å². The number of ether oxygens (including phenoxy) is 2. The molecule has 6 nitrogen and oxygen atoms in total. The standard InChI is InChI=1S/C19H21NO5/c1-12(10-13-4-7-15(24-2)8-5-13)18(21)20-14-6-9-16(19(22)23)17(11-14)25-3/h4-9,11-12H,10H2,1-3H3,(H,20,21)(H,22,23). The molecular weight excluding hydrogens is 322 g/mol. The second-order valence-corrected chi connectivity index (χ2v) is 5.66. The van der Waals surface area contributed by atoms with Gasteiger partial charge in [0.25, 0.3) is 0 Å². The lowest BCUT2D eigenvalue weighted by Gasteiger charge is -2.14. The molecule has 1 atom stereocenters. The van der Waals surface area contributed by atoms with E-state index in [1.807, 2.05) is 31.2 Å². The molecule has 0 saturated carbocycles. The molecule has 0 aliphatic carbocycles. The van der Waals surface area contributed by atoms with Crippen molar-refractivity contribution < 1.29 is 24.2 Å². The summed E-state index contributed by atoms with van der Waals surface area (Å²) in [4.78, 5) is 23.5. The van der Waals surface area contributed by atoms with Gasteiger partial charge in [-0.25, -0.2) is 4.79 Å². The number of carbonyl (C=O) groups excluding carboxylic acids is 1. The summed E-state index contributed by atoms with van der Waals surface area (Å²) in [7, 11) is 2.99. The van der Waals surface area contributed by atoms with Crippen molar-refractivity contribution in [1.82, 2.24) is 0 Å². The lowest BCUT2D eigenvalue weighted by molar-refractivity contribution is -0.119. The Balaban J connectivity index is 2.03. The fourth-order valence-corrected chi connectivity index (χ4v) is 2.42. The molecule has 25 heavy (non-hydrogen) atoms. The summed E-state index contributed by atoms with van der Waals surface area (Å²) in [6.07, 6.45) is 0.584. The van der Waals surface area contributed by atoms with Gasteiger partial charge in [-0.1, -0.05) is 19.1 Å². The molecular formula is C19H21NO5. The van der Waals surface area contributed by atoms with Crippen LogP contribution in [0.3, 0.4) is 0 Å².